The van der Waals surface area contributed by atoms with Crippen LogP contribution in [0.2, 0.25) is 0 Å². The maximum Gasteiger partial charge on any atom is 0.251 e. The molecule has 1 atom stereocenters. The van der Waals surface area contributed by atoms with E-state index in [4.69, 9.17) is 0 Å². The Hall–Kier alpha value is -2.21. The van der Waals surface area contributed by atoms with Crippen LogP contribution in [0, 0.1) is 0 Å². The van der Waals surface area contributed by atoms with E-state index in [1.54, 1.807) is 0 Å². The zero-order valence-electron chi connectivity index (χ0n) is 15.9. The van der Waals surface area contributed by atoms with Crippen molar-refractivity contribution in [2.24, 2.45) is 0 Å². The fourth-order valence-electron chi connectivity index (χ4n) is 4.39. The van der Waals surface area contributed by atoms with Crippen molar-refractivity contribution in [1.82, 2.24) is 25.4 Å². The van der Waals surface area contributed by atoms with Gasteiger partial charge < -0.3 is 15.2 Å². The smallest absolute Gasteiger partial charge is 0.251 e. The van der Waals surface area contributed by atoms with Gasteiger partial charge in [0.2, 0.25) is 0 Å². The molecule has 2 aromatic rings. The highest BCUT2D eigenvalue weighted by Crippen LogP contribution is 2.28. The Bertz CT molecular complexity index is 759. The molecule has 2 aliphatic rings. The quantitative estimate of drug-likeness (QED) is 0.851. The number of hydrogen-bond donors (Lipinski definition) is 2. The van der Waals surface area contributed by atoms with E-state index < -0.39 is 0 Å². The van der Waals surface area contributed by atoms with Gasteiger partial charge in [0.15, 0.2) is 5.82 Å². The van der Waals surface area contributed by atoms with Gasteiger partial charge in [-0.2, -0.15) is 0 Å². The van der Waals surface area contributed by atoms with Crippen molar-refractivity contribution in [3.8, 4) is 0 Å². The molecular formula is C21H29N5O. The Labute approximate surface area is 160 Å². The summed E-state index contributed by atoms with van der Waals surface area (Å²) in [5.74, 6) is 1.31. The summed E-state index contributed by atoms with van der Waals surface area (Å²) in [6.07, 6.45) is 10.4. The minimum absolute atomic E-state index is 0.0428. The standard InChI is InChI=1S/C21H29N5O/c27-21(17-7-4-6-16(12-17)18-8-5-11-22-13-18)23-14-20-25-24-15-26(20)19-9-2-1-3-10-19/h4,6-7,12,15,18-19,22H,1-3,5,8-11,13-14H2,(H,23,27)/t18-/m0/s1. The van der Waals surface area contributed by atoms with E-state index in [0.717, 1.165) is 24.5 Å². The highest BCUT2D eigenvalue weighted by atomic mass is 16.1. The van der Waals surface area contributed by atoms with Crippen LogP contribution in [-0.4, -0.2) is 33.8 Å². The maximum atomic E-state index is 12.7. The number of benzene rings is 1. The molecule has 4 rings (SSSR count). The van der Waals surface area contributed by atoms with Gasteiger partial charge in [-0.15, -0.1) is 10.2 Å². The van der Waals surface area contributed by atoms with Crippen LogP contribution in [-0.2, 0) is 6.54 Å². The lowest BCUT2D eigenvalue weighted by atomic mass is 9.90. The number of aromatic nitrogens is 3. The first-order valence-corrected chi connectivity index (χ1v) is 10.3. The van der Waals surface area contributed by atoms with E-state index in [-0.39, 0.29) is 5.91 Å². The lowest BCUT2D eigenvalue weighted by Crippen LogP contribution is -2.29. The predicted molar refractivity (Wildman–Crippen MR) is 105 cm³/mol. The number of nitrogens with one attached hydrogen (secondary N) is 2. The van der Waals surface area contributed by atoms with Crippen LogP contribution in [0.15, 0.2) is 30.6 Å². The van der Waals surface area contributed by atoms with Crippen LogP contribution in [0.3, 0.4) is 0 Å². The average Bonchev–Trinajstić information content (AvgIpc) is 3.22. The maximum absolute atomic E-state index is 12.7. The van der Waals surface area contributed by atoms with Crippen LogP contribution in [0.25, 0.3) is 0 Å². The van der Waals surface area contributed by atoms with Gasteiger partial charge in [0.25, 0.3) is 5.91 Å². The Morgan fingerprint density at radius 1 is 1.19 bits per heavy atom. The van der Waals surface area contributed by atoms with E-state index in [0.29, 0.717) is 18.5 Å². The summed E-state index contributed by atoms with van der Waals surface area (Å²) in [7, 11) is 0. The molecule has 144 valence electrons. The number of hydrogen-bond acceptors (Lipinski definition) is 4. The molecule has 1 amide bonds. The number of carbonyl (C=O) groups excluding carboxylic acids is 1. The lowest BCUT2D eigenvalue weighted by Gasteiger charge is -2.24. The third kappa shape index (κ3) is 4.38. The zero-order chi connectivity index (χ0) is 18.5. The van der Waals surface area contributed by atoms with Crippen molar-refractivity contribution in [2.75, 3.05) is 13.1 Å². The minimum Gasteiger partial charge on any atom is -0.345 e. The normalized spacial score (nSPS) is 21.1. The number of rotatable bonds is 5. The summed E-state index contributed by atoms with van der Waals surface area (Å²) >= 11 is 0. The molecule has 6 heteroatoms. The third-order valence-corrected chi connectivity index (χ3v) is 5.94. The van der Waals surface area contributed by atoms with Gasteiger partial charge in [-0.3, -0.25) is 4.79 Å². The second-order valence-corrected chi connectivity index (χ2v) is 7.80. The first kappa shape index (κ1) is 18.2. The summed E-state index contributed by atoms with van der Waals surface area (Å²) in [4.78, 5) is 12.7. The SMILES string of the molecule is O=C(NCc1nncn1C1CCCCC1)c1cccc([C@H]2CCCNC2)c1. The van der Waals surface area contributed by atoms with Crippen molar-refractivity contribution in [1.29, 1.82) is 0 Å². The Morgan fingerprint density at radius 2 is 2.07 bits per heavy atom. The second-order valence-electron chi connectivity index (χ2n) is 7.80. The molecule has 2 heterocycles. The highest BCUT2D eigenvalue weighted by Gasteiger charge is 2.20. The molecular weight excluding hydrogens is 338 g/mol. The molecule has 0 spiro atoms. The molecule has 1 aromatic carbocycles. The topological polar surface area (TPSA) is 71.8 Å². The Balaban J connectivity index is 1.39. The summed E-state index contributed by atoms with van der Waals surface area (Å²) in [5.41, 5.74) is 1.97. The molecule has 0 bridgehead atoms. The first-order valence-electron chi connectivity index (χ1n) is 10.3. The van der Waals surface area contributed by atoms with E-state index >= 15 is 0 Å². The monoisotopic (exact) mass is 367 g/mol. The number of piperidine rings is 1. The van der Waals surface area contributed by atoms with Gasteiger partial charge in [0.1, 0.15) is 6.33 Å². The van der Waals surface area contributed by atoms with Crippen LogP contribution < -0.4 is 10.6 Å². The predicted octanol–water partition coefficient (Wildman–Crippen LogP) is 3.18. The molecule has 6 nitrogen and oxygen atoms in total. The summed E-state index contributed by atoms with van der Waals surface area (Å²) in [5, 5.41) is 14.8. The number of nitrogens with zero attached hydrogens (tertiary/aromatic N) is 3. The summed E-state index contributed by atoms with van der Waals surface area (Å²) in [6.45, 7) is 2.51. The summed E-state index contributed by atoms with van der Waals surface area (Å²) in [6, 6.07) is 8.53. The van der Waals surface area contributed by atoms with Crippen molar-refractivity contribution in [3.63, 3.8) is 0 Å². The third-order valence-electron chi connectivity index (χ3n) is 5.94. The van der Waals surface area contributed by atoms with Crippen molar-refractivity contribution >= 4 is 5.91 Å². The van der Waals surface area contributed by atoms with E-state index in [9.17, 15) is 4.79 Å². The summed E-state index contributed by atoms with van der Waals surface area (Å²) < 4.78 is 2.16. The van der Waals surface area contributed by atoms with E-state index in [2.05, 4.69) is 31.5 Å². The van der Waals surface area contributed by atoms with Crippen LogP contribution in [0.4, 0.5) is 0 Å². The van der Waals surface area contributed by atoms with Crippen LogP contribution in [0.1, 0.15) is 78.7 Å². The van der Waals surface area contributed by atoms with Gasteiger partial charge in [0, 0.05) is 18.2 Å². The molecule has 0 radical (unpaired) electrons. The molecule has 1 saturated heterocycles. The number of amides is 1. The average molecular weight is 367 g/mol. The Kier molecular flexibility index (Phi) is 5.82. The minimum atomic E-state index is -0.0428. The molecule has 2 N–H and O–H groups in total. The second kappa shape index (κ2) is 8.65. The van der Waals surface area contributed by atoms with Gasteiger partial charge in [-0.25, -0.2) is 0 Å². The first-order chi connectivity index (χ1) is 13.3. The molecule has 27 heavy (non-hydrogen) atoms. The van der Waals surface area contributed by atoms with E-state index in [1.807, 2.05) is 24.5 Å². The largest absolute Gasteiger partial charge is 0.345 e. The highest BCUT2D eigenvalue weighted by molar-refractivity contribution is 5.94. The van der Waals surface area contributed by atoms with Gasteiger partial charge in [0.05, 0.1) is 6.54 Å². The fourth-order valence-corrected chi connectivity index (χ4v) is 4.39. The van der Waals surface area contributed by atoms with Crippen molar-refractivity contribution in [3.05, 3.63) is 47.5 Å². The van der Waals surface area contributed by atoms with Gasteiger partial charge in [-0.1, -0.05) is 31.4 Å². The van der Waals surface area contributed by atoms with Gasteiger partial charge in [-0.05, 0) is 55.8 Å². The van der Waals surface area contributed by atoms with Gasteiger partial charge >= 0.3 is 0 Å². The zero-order valence-corrected chi connectivity index (χ0v) is 15.9. The molecule has 1 aliphatic heterocycles. The Morgan fingerprint density at radius 3 is 2.89 bits per heavy atom. The van der Waals surface area contributed by atoms with Crippen LogP contribution >= 0.6 is 0 Å². The molecule has 2 fully saturated rings. The molecule has 1 saturated carbocycles. The van der Waals surface area contributed by atoms with Crippen molar-refractivity contribution < 1.29 is 4.79 Å². The van der Waals surface area contributed by atoms with Crippen molar-refractivity contribution in [2.45, 2.75) is 63.5 Å². The molecule has 1 aliphatic carbocycles. The lowest BCUT2D eigenvalue weighted by molar-refractivity contribution is 0.0949. The van der Waals surface area contributed by atoms with E-state index in [1.165, 1.54) is 50.5 Å². The number of carbonyl (C=O) groups is 1. The molecule has 0 unspecified atom stereocenters. The fraction of sp³-hybridized carbons (Fsp3) is 0.571. The molecule has 1 aromatic heterocycles. The van der Waals surface area contributed by atoms with Crippen LogP contribution in [0.5, 0.6) is 0 Å².